The molecule has 1 unspecified atom stereocenters. The minimum Gasteiger partial charge on any atom is -0.339 e. The molecule has 0 bridgehead atoms. The van der Waals surface area contributed by atoms with Gasteiger partial charge in [0.1, 0.15) is 0 Å². The van der Waals surface area contributed by atoms with Crippen LogP contribution in [-0.4, -0.2) is 34.0 Å². The van der Waals surface area contributed by atoms with Crippen LogP contribution in [0, 0.1) is 0 Å². The minimum absolute atomic E-state index is 0.0586. The molecular formula is C24H21N3O2. The average molecular weight is 383 g/mol. The standard InChI is InChI=1S/C24H21N3O2/c28-24(20-13-12-17-7-4-5-10-19(17)15-20)27-14-6-11-21(16-27)23-25-22(26-29-23)18-8-2-1-3-9-18/h1-5,7-10,12-13,15,21H,6,11,14,16H2. The molecule has 2 heterocycles. The largest absolute Gasteiger partial charge is 0.339 e. The van der Waals surface area contributed by atoms with Crippen molar-refractivity contribution in [2.45, 2.75) is 18.8 Å². The number of hydrogen-bond acceptors (Lipinski definition) is 4. The van der Waals surface area contributed by atoms with Crippen molar-refractivity contribution < 1.29 is 9.32 Å². The maximum Gasteiger partial charge on any atom is 0.253 e. The number of carbonyl (C=O) groups is 1. The number of fused-ring (bicyclic) bond motifs is 1. The van der Waals surface area contributed by atoms with E-state index in [0.29, 0.717) is 18.3 Å². The van der Waals surface area contributed by atoms with Crippen molar-refractivity contribution in [3.05, 3.63) is 84.3 Å². The molecule has 5 rings (SSSR count). The molecule has 0 radical (unpaired) electrons. The number of nitrogens with zero attached hydrogens (tertiary/aromatic N) is 3. The highest BCUT2D eigenvalue weighted by molar-refractivity contribution is 5.98. The first-order chi connectivity index (χ1) is 14.3. The molecule has 3 aromatic carbocycles. The van der Waals surface area contributed by atoms with Crippen LogP contribution < -0.4 is 0 Å². The summed E-state index contributed by atoms with van der Waals surface area (Å²) in [5, 5.41) is 6.35. The average Bonchev–Trinajstić information content (AvgIpc) is 3.29. The van der Waals surface area contributed by atoms with Crippen molar-refractivity contribution in [3.8, 4) is 11.4 Å². The highest BCUT2D eigenvalue weighted by Crippen LogP contribution is 2.28. The van der Waals surface area contributed by atoms with Gasteiger partial charge in [-0.3, -0.25) is 4.79 Å². The van der Waals surface area contributed by atoms with Crippen LogP contribution in [0.4, 0.5) is 0 Å². The molecule has 1 aliphatic heterocycles. The van der Waals surface area contributed by atoms with Gasteiger partial charge in [0, 0.05) is 24.2 Å². The molecule has 5 heteroatoms. The lowest BCUT2D eigenvalue weighted by molar-refractivity contribution is 0.0696. The van der Waals surface area contributed by atoms with Gasteiger partial charge >= 0.3 is 0 Å². The molecule has 0 spiro atoms. The van der Waals surface area contributed by atoms with Gasteiger partial charge < -0.3 is 9.42 Å². The Morgan fingerprint density at radius 1 is 0.966 bits per heavy atom. The van der Waals surface area contributed by atoms with Gasteiger partial charge in [0.05, 0.1) is 5.92 Å². The summed E-state index contributed by atoms with van der Waals surface area (Å²) in [5.41, 5.74) is 1.65. The van der Waals surface area contributed by atoms with E-state index >= 15 is 0 Å². The van der Waals surface area contributed by atoms with E-state index in [1.165, 1.54) is 0 Å². The molecule has 1 saturated heterocycles. The SMILES string of the molecule is O=C(c1ccc2ccccc2c1)N1CCCC(c2nc(-c3ccccc3)no2)C1. The molecule has 1 atom stereocenters. The predicted octanol–water partition coefficient (Wildman–Crippen LogP) is 4.91. The molecule has 29 heavy (non-hydrogen) atoms. The Bertz CT molecular complexity index is 1150. The van der Waals surface area contributed by atoms with E-state index in [1.807, 2.05) is 71.6 Å². The summed E-state index contributed by atoms with van der Waals surface area (Å²) in [6.45, 7) is 1.35. The van der Waals surface area contributed by atoms with E-state index in [0.717, 1.165) is 41.3 Å². The first-order valence-electron chi connectivity index (χ1n) is 9.95. The van der Waals surface area contributed by atoms with Crippen LogP contribution >= 0.6 is 0 Å². The van der Waals surface area contributed by atoms with Crippen molar-refractivity contribution in [1.29, 1.82) is 0 Å². The number of aromatic nitrogens is 2. The summed E-state index contributed by atoms with van der Waals surface area (Å²) in [7, 11) is 0. The monoisotopic (exact) mass is 383 g/mol. The third-order valence-electron chi connectivity index (χ3n) is 5.53. The summed E-state index contributed by atoms with van der Waals surface area (Å²) in [6.07, 6.45) is 1.87. The van der Waals surface area contributed by atoms with Crippen LogP contribution in [0.3, 0.4) is 0 Å². The van der Waals surface area contributed by atoms with Gasteiger partial charge in [-0.25, -0.2) is 0 Å². The Balaban J connectivity index is 1.35. The summed E-state index contributed by atoms with van der Waals surface area (Å²) < 4.78 is 5.55. The molecule has 5 nitrogen and oxygen atoms in total. The van der Waals surface area contributed by atoms with Crippen molar-refractivity contribution in [3.63, 3.8) is 0 Å². The summed E-state index contributed by atoms with van der Waals surface area (Å²) in [5.74, 6) is 1.33. The van der Waals surface area contributed by atoms with Crippen molar-refractivity contribution in [2.24, 2.45) is 0 Å². The normalized spacial score (nSPS) is 16.8. The molecule has 1 amide bonds. The quantitative estimate of drug-likeness (QED) is 0.504. The lowest BCUT2D eigenvalue weighted by Gasteiger charge is -2.31. The van der Waals surface area contributed by atoms with Crippen LogP contribution in [-0.2, 0) is 0 Å². The van der Waals surface area contributed by atoms with Crippen LogP contribution in [0.15, 0.2) is 77.3 Å². The van der Waals surface area contributed by atoms with Crippen molar-refractivity contribution in [1.82, 2.24) is 15.0 Å². The number of carbonyl (C=O) groups excluding carboxylic acids is 1. The molecule has 1 aliphatic rings. The number of hydrogen-bond donors (Lipinski definition) is 0. The Labute approximate surface area is 169 Å². The molecule has 1 fully saturated rings. The molecule has 0 aliphatic carbocycles. The summed E-state index contributed by atoms with van der Waals surface area (Å²) in [4.78, 5) is 19.6. The first-order valence-corrected chi connectivity index (χ1v) is 9.95. The third kappa shape index (κ3) is 3.51. The van der Waals surface area contributed by atoms with Crippen molar-refractivity contribution in [2.75, 3.05) is 13.1 Å². The number of benzene rings is 3. The Morgan fingerprint density at radius 2 is 1.76 bits per heavy atom. The highest BCUT2D eigenvalue weighted by atomic mass is 16.5. The summed E-state index contributed by atoms with van der Waals surface area (Å²) in [6, 6.07) is 23.8. The molecule has 1 aromatic heterocycles. The second-order valence-electron chi connectivity index (χ2n) is 7.47. The predicted molar refractivity (Wildman–Crippen MR) is 112 cm³/mol. The Morgan fingerprint density at radius 3 is 2.62 bits per heavy atom. The van der Waals surface area contributed by atoms with E-state index in [4.69, 9.17) is 4.52 Å². The van der Waals surface area contributed by atoms with Crippen LogP contribution in [0.5, 0.6) is 0 Å². The zero-order valence-corrected chi connectivity index (χ0v) is 16.0. The van der Waals surface area contributed by atoms with Crippen LogP contribution in [0.2, 0.25) is 0 Å². The van der Waals surface area contributed by atoms with E-state index in [1.54, 1.807) is 0 Å². The molecular weight excluding hydrogens is 362 g/mol. The zero-order valence-electron chi connectivity index (χ0n) is 16.0. The van der Waals surface area contributed by atoms with Gasteiger partial charge in [-0.15, -0.1) is 0 Å². The van der Waals surface area contributed by atoms with Gasteiger partial charge in [-0.05, 0) is 35.7 Å². The smallest absolute Gasteiger partial charge is 0.253 e. The third-order valence-corrected chi connectivity index (χ3v) is 5.53. The van der Waals surface area contributed by atoms with E-state index < -0.39 is 0 Å². The van der Waals surface area contributed by atoms with E-state index in [2.05, 4.69) is 16.2 Å². The second-order valence-corrected chi connectivity index (χ2v) is 7.47. The molecule has 0 saturated carbocycles. The van der Waals surface area contributed by atoms with E-state index in [9.17, 15) is 4.79 Å². The molecule has 4 aromatic rings. The highest BCUT2D eigenvalue weighted by Gasteiger charge is 2.29. The second kappa shape index (κ2) is 7.51. The van der Waals surface area contributed by atoms with Gasteiger partial charge in [0.2, 0.25) is 11.7 Å². The lowest BCUT2D eigenvalue weighted by Crippen LogP contribution is -2.39. The number of amides is 1. The van der Waals surface area contributed by atoms with E-state index in [-0.39, 0.29) is 11.8 Å². The molecule has 0 N–H and O–H groups in total. The number of likely N-dealkylation sites (tertiary alicyclic amines) is 1. The summed E-state index contributed by atoms with van der Waals surface area (Å²) >= 11 is 0. The Kier molecular flexibility index (Phi) is 4.56. The fourth-order valence-electron chi connectivity index (χ4n) is 3.97. The Hall–Kier alpha value is -3.47. The fraction of sp³-hybridized carbons (Fsp3) is 0.208. The molecule has 144 valence electrons. The van der Waals surface area contributed by atoms with Gasteiger partial charge in [-0.1, -0.05) is 65.8 Å². The number of piperidine rings is 1. The lowest BCUT2D eigenvalue weighted by atomic mass is 9.97. The fourth-order valence-corrected chi connectivity index (χ4v) is 3.97. The zero-order chi connectivity index (χ0) is 19.6. The maximum atomic E-state index is 13.1. The van der Waals surface area contributed by atoms with Crippen molar-refractivity contribution >= 4 is 16.7 Å². The minimum atomic E-state index is 0.0586. The van der Waals surface area contributed by atoms with Crippen LogP contribution in [0.1, 0.15) is 35.0 Å². The van der Waals surface area contributed by atoms with Gasteiger partial charge in [0.25, 0.3) is 5.91 Å². The number of rotatable bonds is 3. The van der Waals surface area contributed by atoms with Gasteiger partial charge in [-0.2, -0.15) is 4.98 Å². The van der Waals surface area contributed by atoms with Gasteiger partial charge in [0.15, 0.2) is 0 Å². The first kappa shape index (κ1) is 17.6. The maximum absolute atomic E-state index is 13.1. The van der Waals surface area contributed by atoms with Crippen LogP contribution in [0.25, 0.3) is 22.2 Å². The topological polar surface area (TPSA) is 59.2 Å².